The van der Waals surface area contributed by atoms with Crippen LogP contribution in [0.3, 0.4) is 0 Å². The van der Waals surface area contributed by atoms with Crippen molar-refractivity contribution in [3.63, 3.8) is 0 Å². The predicted molar refractivity (Wildman–Crippen MR) is 65.7 cm³/mol. The molecule has 2 aliphatic rings. The number of sulfonamides is 1. The molecule has 2 rings (SSSR count). The molecule has 2 aliphatic carbocycles. The minimum Gasteiger partial charge on any atom is -0.212 e. The van der Waals surface area contributed by atoms with E-state index in [1.165, 1.54) is 0 Å². The molecule has 16 heavy (non-hydrogen) atoms. The zero-order valence-corrected chi connectivity index (χ0v) is 11.1. The van der Waals surface area contributed by atoms with E-state index in [0.29, 0.717) is 5.41 Å². The van der Waals surface area contributed by atoms with Gasteiger partial charge in [-0.05, 0) is 37.5 Å². The molecule has 2 saturated carbocycles. The normalized spacial score (nSPS) is 31.0. The molecular formula is C12H23NO2S. The van der Waals surface area contributed by atoms with Crippen LogP contribution in [0.5, 0.6) is 0 Å². The molecule has 1 N–H and O–H groups in total. The Bertz CT molecular complexity index is 342. The fourth-order valence-corrected chi connectivity index (χ4v) is 4.88. The highest BCUT2D eigenvalue weighted by atomic mass is 32.2. The van der Waals surface area contributed by atoms with Gasteiger partial charge in [-0.3, -0.25) is 0 Å². The van der Waals surface area contributed by atoms with E-state index in [1.807, 2.05) is 0 Å². The number of rotatable bonds is 3. The first-order valence-corrected chi connectivity index (χ1v) is 7.95. The van der Waals surface area contributed by atoms with Crippen LogP contribution in [-0.4, -0.2) is 19.7 Å². The average molecular weight is 245 g/mol. The molecule has 1 unspecified atom stereocenters. The summed E-state index contributed by atoms with van der Waals surface area (Å²) in [5.74, 6) is 0. The largest absolute Gasteiger partial charge is 0.214 e. The lowest BCUT2D eigenvalue weighted by molar-refractivity contribution is 0.372. The molecule has 94 valence electrons. The summed E-state index contributed by atoms with van der Waals surface area (Å²) in [7, 11) is -3.04. The smallest absolute Gasteiger partial charge is 0.212 e. The second kappa shape index (κ2) is 4.30. The van der Waals surface area contributed by atoms with Crippen LogP contribution in [0.2, 0.25) is 0 Å². The lowest BCUT2D eigenvalue weighted by Crippen LogP contribution is -2.39. The maximum atomic E-state index is 12.1. The fraction of sp³-hybridized carbons (Fsp3) is 1.00. The number of hydrogen-bond acceptors (Lipinski definition) is 2. The number of hydrogen-bond donors (Lipinski definition) is 1. The molecule has 0 saturated heterocycles. The summed E-state index contributed by atoms with van der Waals surface area (Å²) >= 11 is 0. The molecule has 0 radical (unpaired) electrons. The van der Waals surface area contributed by atoms with Gasteiger partial charge in [-0.2, -0.15) is 0 Å². The number of nitrogens with one attached hydrogen (secondary N) is 1. The molecule has 0 heterocycles. The van der Waals surface area contributed by atoms with Gasteiger partial charge in [0.15, 0.2) is 0 Å². The summed E-state index contributed by atoms with van der Waals surface area (Å²) in [5, 5.41) is -0.115. The summed E-state index contributed by atoms with van der Waals surface area (Å²) in [6.45, 7) is 4.44. The van der Waals surface area contributed by atoms with Crippen LogP contribution < -0.4 is 4.72 Å². The third-order valence-corrected chi connectivity index (χ3v) is 6.05. The van der Waals surface area contributed by atoms with E-state index in [0.717, 1.165) is 44.9 Å². The van der Waals surface area contributed by atoms with Gasteiger partial charge in [0.2, 0.25) is 10.0 Å². The molecule has 4 heteroatoms. The van der Waals surface area contributed by atoms with Gasteiger partial charge in [0, 0.05) is 6.04 Å². The van der Waals surface area contributed by atoms with Crippen LogP contribution >= 0.6 is 0 Å². The predicted octanol–water partition coefficient (Wildman–Crippen LogP) is 2.43. The van der Waals surface area contributed by atoms with E-state index in [1.54, 1.807) is 0 Å². The highest BCUT2D eigenvalue weighted by Crippen LogP contribution is 2.37. The van der Waals surface area contributed by atoms with Gasteiger partial charge >= 0.3 is 0 Å². The topological polar surface area (TPSA) is 46.2 Å². The second-order valence-corrected chi connectivity index (χ2v) is 8.17. The van der Waals surface area contributed by atoms with Crippen molar-refractivity contribution in [1.82, 2.24) is 4.72 Å². The molecule has 0 aromatic rings. The van der Waals surface area contributed by atoms with Gasteiger partial charge in [0.05, 0.1) is 5.25 Å². The third-order valence-electron chi connectivity index (χ3n) is 4.04. The van der Waals surface area contributed by atoms with E-state index >= 15 is 0 Å². The zero-order valence-electron chi connectivity index (χ0n) is 10.3. The van der Waals surface area contributed by atoms with Crippen molar-refractivity contribution in [3.05, 3.63) is 0 Å². The lowest BCUT2D eigenvalue weighted by Gasteiger charge is -2.19. The van der Waals surface area contributed by atoms with Crippen molar-refractivity contribution in [2.24, 2.45) is 5.41 Å². The van der Waals surface area contributed by atoms with E-state index in [9.17, 15) is 8.42 Å². The van der Waals surface area contributed by atoms with Gasteiger partial charge < -0.3 is 0 Å². The maximum Gasteiger partial charge on any atom is 0.214 e. The molecule has 0 amide bonds. The Morgan fingerprint density at radius 1 is 1.12 bits per heavy atom. The molecule has 1 atom stereocenters. The summed E-state index contributed by atoms with van der Waals surface area (Å²) in [5.41, 5.74) is 0.308. The van der Waals surface area contributed by atoms with Gasteiger partial charge in [-0.25, -0.2) is 13.1 Å². The third kappa shape index (κ3) is 2.77. The molecule has 0 spiro atoms. The van der Waals surface area contributed by atoms with Gasteiger partial charge in [0.25, 0.3) is 0 Å². The molecule has 0 aliphatic heterocycles. The second-order valence-electron chi connectivity index (χ2n) is 6.17. The Labute approximate surface area is 99.1 Å². The van der Waals surface area contributed by atoms with E-state index in [2.05, 4.69) is 18.6 Å². The van der Waals surface area contributed by atoms with Crippen LogP contribution in [0.25, 0.3) is 0 Å². The molecule has 0 bridgehead atoms. The van der Waals surface area contributed by atoms with E-state index < -0.39 is 10.0 Å². The van der Waals surface area contributed by atoms with Crippen molar-refractivity contribution in [3.8, 4) is 0 Å². The molecule has 3 nitrogen and oxygen atoms in total. The summed E-state index contributed by atoms with van der Waals surface area (Å²) in [6, 6.07) is 0.181. The summed E-state index contributed by atoms with van der Waals surface area (Å²) in [6.07, 6.45) is 6.96. The molecule has 2 fully saturated rings. The quantitative estimate of drug-likeness (QED) is 0.830. The van der Waals surface area contributed by atoms with Gasteiger partial charge in [0.1, 0.15) is 0 Å². The lowest BCUT2D eigenvalue weighted by atomic mass is 9.92. The van der Waals surface area contributed by atoms with Gasteiger partial charge in [-0.1, -0.05) is 26.7 Å². The summed E-state index contributed by atoms with van der Waals surface area (Å²) in [4.78, 5) is 0. The first kappa shape index (κ1) is 12.4. The first-order chi connectivity index (χ1) is 7.39. The Morgan fingerprint density at radius 3 is 2.25 bits per heavy atom. The summed E-state index contributed by atoms with van der Waals surface area (Å²) < 4.78 is 27.1. The van der Waals surface area contributed by atoms with E-state index in [-0.39, 0.29) is 11.3 Å². The van der Waals surface area contributed by atoms with Crippen molar-refractivity contribution in [2.75, 3.05) is 0 Å². The Hall–Kier alpha value is -0.0900. The van der Waals surface area contributed by atoms with Crippen LogP contribution in [0.4, 0.5) is 0 Å². The van der Waals surface area contributed by atoms with Crippen LogP contribution in [0.15, 0.2) is 0 Å². The Balaban J connectivity index is 1.94. The van der Waals surface area contributed by atoms with Crippen molar-refractivity contribution in [2.45, 2.75) is 70.1 Å². The minimum absolute atomic E-state index is 0.115. The molecule has 0 aromatic heterocycles. The molecular weight excluding hydrogens is 222 g/mol. The Kier molecular flexibility index (Phi) is 3.32. The van der Waals surface area contributed by atoms with Crippen molar-refractivity contribution in [1.29, 1.82) is 0 Å². The van der Waals surface area contributed by atoms with Crippen molar-refractivity contribution < 1.29 is 8.42 Å². The highest BCUT2D eigenvalue weighted by molar-refractivity contribution is 7.90. The minimum atomic E-state index is -3.04. The van der Waals surface area contributed by atoms with Crippen LogP contribution in [0.1, 0.15) is 58.8 Å². The average Bonchev–Trinajstić information content (AvgIpc) is 2.74. The maximum absolute atomic E-state index is 12.1. The van der Waals surface area contributed by atoms with Crippen molar-refractivity contribution >= 4 is 10.0 Å². The SMILES string of the molecule is CC1(C)CCC(NS(=O)(=O)C2CCCC2)C1. The van der Waals surface area contributed by atoms with Gasteiger partial charge in [-0.15, -0.1) is 0 Å². The first-order valence-electron chi connectivity index (χ1n) is 6.40. The highest BCUT2D eigenvalue weighted by Gasteiger charge is 2.36. The van der Waals surface area contributed by atoms with E-state index in [4.69, 9.17) is 0 Å². The Morgan fingerprint density at radius 2 is 1.75 bits per heavy atom. The fourth-order valence-electron chi connectivity index (χ4n) is 3.06. The zero-order chi connectivity index (χ0) is 11.8. The van der Waals surface area contributed by atoms with Crippen LogP contribution in [-0.2, 0) is 10.0 Å². The standard InChI is InChI=1S/C12H23NO2S/c1-12(2)8-7-10(9-12)13-16(14,15)11-5-3-4-6-11/h10-11,13H,3-9H2,1-2H3. The monoisotopic (exact) mass is 245 g/mol. The van der Waals surface area contributed by atoms with Crippen LogP contribution in [0, 0.1) is 5.41 Å². The molecule has 0 aromatic carbocycles.